The van der Waals surface area contributed by atoms with Crippen LogP contribution < -0.4 is 9.16 Å². The van der Waals surface area contributed by atoms with Crippen molar-refractivity contribution in [3.8, 4) is 11.6 Å². The van der Waals surface area contributed by atoms with Crippen LogP contribution >= 0.6 is 0 Å². The van der Waals surface area contributed by atoms with E-state index in [0.29, 0.717) is 5.56 Å². The highest BCUT2D eigenvalue weighted by Gasteiger charge is 2.53. The quantitative estimate of drug-likeness (QED) is 0.194. The van der Waals surface area contributed by atoms with Crippen molar-refractivity contribution in [1.82, 2.24) is 4.98 Å². The van der Waals surface area contributed by atoms with E-state index in [1.807, 2.05) is 18.2 Å². The van der Waals surface area contributed by atoms with E-state index < -0.39 is 20.3 Å². The van der Waals surface area contributed by atoms with E-state index in [2.05, 4.69) is 45.4 Å². The largest absolute Gasteiger partial charge is 0.543 e. The topological polar surface area (TPSA) is 74.7 Å². The van der Waals surface area contributed by atoms with Gasteiger partial charge in [-0.15, -0.1) is 0 Å². The molecule has 0 radical (unpaired) electrons. The molecule has 4 aliphatic carbocycles. The minimum atomic E-state index is -2.09. The molecule has 0 aliphatic heterocycles. The Kier molecular flexibility index (Phi) is 7.25. The molecule has 1 aromatic heterocycles. The molecule has 4 bridgehead atoms. The average molecular weight is 548 g/mol. The van der Waals surface area contributed by atoms with Gasteiger partial charge in [-0.05, 0) is 110 Å². The molecule has 39 heavy (non-hydrogen) atoms. The number of carbonyl (C=O) groups excluding carboxylic acids is 2. The first kappa shape index (κ1) is 27.6. The number of rotatable bonds is 8. The second-order valence-electron chi connectivity index (χ2n) is 13.4. The first-order chi connectivity index (χ1) is 18.4. The summed E-state index contributed by atoms with van der Waals surface area (Å²) in [5, 5.41) is 0.0687. The van der Waals surface area contributed by atoms with Crippen molar-refractivity contribution in [3.05, 3.63) is 65.9 Å². The van der Waals surface area contributed by atoms with Crippen molar-refractivity contribution >= 4 is 20.3 Å². The smallest absolute Gasteiger partial charge is 0.344 e. The molecule has 1 aromatic carbocycles. The molecule has 208 valence electrons. The number of hydrogen-bond donors (Lipinski definition) is 0. The van der Waals surface area contributed by atoms with Gasteiger partial charge in [0.25, 0.3) is 0 Å². The van der Waals surface area contributed by atoms with Crippen LogP contribution in [0.25, 0.3) is 0 Å². The maximum atomic E-state index is 13.3. The van der Waals surface area contributed by atoms with Crippen molar-refractivity contribution < 1.29 is 23.5 Å². The minimum Gasteiger partial charge on any atom is -0.543 e. The van der Waals surface area contributed by atoms with E-state index in [1.165, 1.54) is 68.5 Å². The minimum absolute atomic E-state index is 0.0639. The molecule has 0 saturated heterocycles. The first-order valence-electron chi connectivity index (χ1n) is 14.2. The predicted molar refractivity (Wildman–Crippen MR) is 154 cm³/mol. The van der Waals surface area contributed by atoms with E-state index in [0.717, 1.165) is 23.5 Å². The fourth-order valence-electron chi connectivity index (χ4n) is 6.96. The molecule has 4 fully saturated rings. The molecule has 0 amide bonds. The second-order valence-corrected chi connectivity index (χ2v) is 18.2. The van der Waals surface area contributed by atoms with Crippen LogP contribution in [0.15, 0.2) is 49.2 Å². The van der Waals surface area contributed by atoms with Crippen molar-refractivity contribution in [1.29, 1.82) is 0 Å². The molecular formula is C32H41NO5Si. The Labute approximate surface area is 233 Å². The number of esters is 2. The van der Waals surface area contributed by atoms with Gasteiger partial charge in [0.1, 0.15) is 12.4 Å². The predicted octanol–water partition coefficient (Wildman–Crippen LogP) is 7.50. The van der Waals surface area contributed by atoms with E-state index in [-0.39, 0.29) is 28.5 Å². The number of hydrogen-bond acceptors (Lipinski definition) is 6. The Morgan fingerprint density at radius 1 is 1.00 bits per heavy atom. The van der Waals surface area contributed by atoms with Crippen LogP contribution in [-0.2, 0) is 10.2 Å². The summed E-state index contributed by atoms with van der Waals surface area (Å²) in [5.41, 5.74) is 2.04. The monoisotopic (exact) mass is 547 g/mol. The van der Waals surface area contributed by atoms with Gasteiger partial charge in [0.05, 0.1) is 11.1 Å². The molecule has 6 nitrogen and oxygen atoms in total. The zero-order chi connectivity index (χ0) is 28.0. The van der Waals surface area contributed by atoms with Crippen LogP contribution in [-0.4, -0.2) is 31.8 Å². The number of nitrogens with zero attached hydrogens (tertiary/aromatic N) is 1. The summed E-state index contributed by atoms with van der Waals surface area (Å²) >= 11 is 0. The number of carbonyl (C=O) groups is 2. The number of ether oxygens (including phenoxy) is 2. The SMILES string of the molecule is C=CCOC(=O)c1ccc(OC(=O)c2ccc(O[Si](C)(C)C(C)(C)C)c(C34CC5CC(CC(C5)C3)C4)c2)nc1. The van der Waals surface area contributed by atoms with Crippen molar-refractivity contribution in [2.45, 2.75) is 82.8 Å². The summed E-state index contributed by atoms with van der Waals surface area (Å²) < 4.78 is 17.6. The zero-order valence-electron chi connectivity index (χ0n) is 23.9. The normalized spacial score (nSPS) is 25.7. The summed E-state index contributed by atoms with van der Waals surface area (Å²) in [7, 11) is -2.09. The third-order valence-corrected chi connectivity index (χ3v) is 13.8. The third kappa shape index (κ3) is 5.56. The summed E-state index contributed by atoms with van der Waals surface area (Å²) in [6, 6.07) is 8.90. The summed E-state index contributed by atoms with van der Waals surface area (Å²) in [4.78, 5) is 29.5. The van der Waals surface area contributed by atoms with Crippen molar-refractivity contribution in [2.75, 3.05) is 6.61 Å². The standard InChI is InChI=1S/C32H41NO5Si/c1-7-12-36-29(34)25-9-11-28(33-20-25)37-30(35)24-8-10-27(38-39(5,6)31(2,3)4)26(16-24)32-17-21-13-22(18-32)15-23(14-21)19-32/h7-11,16,20-23H,1,12-15,17-19H2,2-6H3. The fourth-order valence-corrected chi connectivity index (χ4v) is 8.00. The molecule has 0 N–H and O–H groups in total. The van der Waals surface area contributed by atoms with E-state index in [9.17, 15) is 9.59 Å². The van der Waals surface area contributed by atoms with Gasteiger partial charge in [0, 0.05) is 12.3 Å². The Balaban J connectivity index is 1.43. The molecule has 6 rings (SSSR count). The summed E-state index contributed by atoms with van der Waals surface area (Å²) in [6.07, 6.45) is 10.4. The van der Waals surface area contributed by atoms with E-state index in [4.69, 9.17) is 13.9 Å². The van der Waals surface area contributed by atoms with Crippen LogP contribution in [0.2, 0.25) is 18.1 Å². The average Bonchev–Trinajstić information content (AvgIpc) is 2.86. The molecule has 2 aromatic rings. The fraction of sp³-hybridized carbons (Fsp3) is 0.531. The van der Waals surface area contributed by atoms with E-state index >= 15 is 0 Å². The van der Waals surface area contributed by atoms with Crippen LogP contribution in [0.3, 0.4) is 0 Å². The molecule has 4 aliphatic rings. The lowest BCUT2D eigenvalue weighted by atomic mass is 9.48. The molecular weight excluding hydrogens is 506 g/mol. The number of aromatic nitrogens is 1. The lowest BCUT2D eigenvalue weighted by Gasteiger charge is -2.57. The van der Waals surface area contributed by atoms with Gasteiger partial charge in [-0.3, -0.25) is 0 Å². The highest BCUT2D eigenvalue weighted by molar-refractivity contribution is 6.74. The van der Waals surface area contributed by atoms with Crippen molar-refractivity contribution in [3.63, 3.8) is 0 Å². The highest BCUT2D eigenvalue weighted by Crippen LogP contribution is 2.62. The molecule has 0 spiro atoms. The first-order valence-corrected chi connectivity index (χ1v) is 17.1. The molecule has 0 atom stereocenters. The maximum Gasteiger partial charge on any atom is 0.344 e. The third-order valence-electron chi connectivity index (χ3n) is 9.50. The summed E-state index contributed by atoms with van der Waals surface area (Å²) in [5.74, 6) is 2.43. The van der Waals surface area contributed by atoms with Crippen LogP contribution in [0.5, 0.6) is 11.6 Å². The zero-order valence-corrected chi connectivity index (χ0v) is 24.9. The van der Waals surface area contributed by atoms with Gasteiger partial charge in [-0.1, -0.05) is 33.4 Å². The van der Waals surface area contributed by atoms with Crippen molar-refractivity contribution in [2.24, 2.45) is 17.8 Å². The Hall–Kier alpha value is -2.93. The molecule has 1 heterocycles. The van der Waals surface area contributed by atoms with Gasteiger partial charge >= 0.3 is 11.9 Å². The molecule has 0 unspecified atom stereocenters. The van der Waals surface area contributed by atoms with Crippen LogP contribution in [0.1, 0.15) is 85.6 Å². The number of pyridine rings is 1. The molecule has 4 saturated carbocycles. The van der Waals surface area contributed by atoms with Gasteiger partial charge in [-0.25, -0.2) is 14.6 Å². The van der Waals surface area contributed by atoms with Gasteiger partial charge in [-0.2, -0.15) is 0 Å². The van der Waals surface area contributed by atoms with E-state index in [1.54, 1.807) is 0 Å². The van der Waals surface area contributed by atoms with Crippen LogP contribution in [0, 0.1) is 17.8 Å². The highest BCUT2D eigenvalue weighted by atomic mass is 28.4. The lowest BCUT2D eigenvalue weighted by molar-refractivity contribution is -0.00589. The Bertz CT molecular complexity index is 1230. The van der Waals surface area contributed by atoms with Gasteiger partial charge in [0.2, 0.25) is 14.2 Å². The van der Waals surface area contributed by atoms with Crippen LogP contribution in [0.4, 0.5) is 0 Å². The second kappa shape index (κ2) is 10.2. The van der Waals surface area contributed by atoms with Gasteiger partial charge in [0.15, 0.2) is 0 Å². The lowest BCUT2D eigenvalue weighted by Crippen LogP contribution is -2.49. The maximum absolute atomic E-state index is 13.3. The number of benzene rings is 1. The summed E-state index contributed by atoms with van der Waals surface area (Å²) in [6.45, 7) is 15.0. The Morgan fingerprint density at radius 2 is 1.62 bits per heavy atom. The Morgan fingerprint density at radius 3 is 2.15 bits per heavy atom. The molecule has 7 heteroatoms. The van der Waals surface area contributed by atoms with Gasteiger partial charge < -0.3 is 13.9 Å².